The summed E-state index contributed by atoms with van der Waals surface area (Å²) in [6.07, 6.45) is 5.81. The van der Waals surface area contributed by atoms with Gasteiger partial charge in [-0.25, -0.2) is 0 Å². The quantitative estimate of drug-likeness (QED) is 0.488. The predicted octanol–water partition coefficient (Wildman–Crippen LogP) is 0.714. The maximum atomic E-state index is 12.7. The van der Waals surface area contributed by atoms with E-state index in [4.69, 9.17) is 5.73 Å². The van der Waals surface area contributed by atoms with Crippen molar-refractivity contribution in [1.82, 2.24) is 24.0 Å². The van der Waals surface area contributed by atoms with Gasteiger partial charge in [-0.2, -0.15) is 8.75 Å². The number of ketones is 1. The molecule has 1 unspecified atom stereocenters. The van der Waals surface area contributed by atoms with Crippen LogP contribution in [0.4, 0.5) is 0 Å². The maximum absolute atomic E-state index is 12.7. The molecule has 0 aromatic carbocycles. The molecule has 0 saturated heterocycles. The number of aryl methyl sites for hydroxylation is 1. The molecule has 0 bridgehead atoms. The van der Waals surface area contributed by atoms with Crippen LogP contribution in [0.15, 0.2) is 42.9 Å². The van der Waals surface area contributed by atoms with Crippen molar-refractivity contribution in [2.24, 2.45) is 5.73 Å². The lowest BCUT2D eigenvalue weighted by Crippen LogP contribution is -2.46. The molecular formula is C17H16N6O3S. The molecule has 0 aliphatic heterocycles. The van der Waals surface area contributed by atoms with Crippen molar-refractivity contribution in [2.75, 3.05) is 0 Å². The standard InChI is InChI=1S/C17H16N6O3S/c18-16(25)15(24)12(5-4-10-6-8-19-9-10)21-17(26)14-13(22-27-23-14)11-3-1-2-7-20-11/h1-3,6-9,12,19H,4-5H2,(H2,18,25)(H,21,26). The largest absolute Gasteiger partial charge is 0.367 e. The van der Waals surface area contributed by atoms with Crippen molar-refractivity contribution in [3.8, 4) is 11.4 Å². The van der Waals surface area contributed by atoms with Gasteiger partial charge in [-0.05, 0) is 36.6 Å². The Morgan fingerprint density at radius 1 is 1.22 bits per heavy atom. The summed E-state index contributed by atoms with van der Waals surface area (Å²) in [4.78, 5) is 43.2. The van der Waals surface area contributed by atoms with Gasteiger partial charge in [0.1, 0.15) is 5.69 Å². The van der Waals surface area contributed by atoms with E-state index in [-0.39, 0.29) is 12.1 Å². The highest BCUT2D eigenvalue weighted by Gasteiger charge is 2.28. The third kappa shape index (κ3) is 4.42. The van der Waals surface area contributed by atoms with Crippen LogP contribution in [0.3, 0.4) is 0 Å². The lowest BCUT2D eigenvalue weighted by Gasteiger charge is -2.15. The summed E-state index contributed by atoms with van der Waals surface area (Å²) in [5, 5.41) is 2.55. The van der Waals surface area contributed by atoms with Crippen molar-refractivity contribution in [1.29, 1.82) is 0 Å². The van der Waals surface area contributed by atoms with Crippen LogP contribution in [-0.4, -0.2) is 42.4 Å². The minimum absolute atomic E-state index is 0.0441. The van der Waals surface area contributed by atoms with E-state index in [2.05, 4.69) is 24.0 Å². The third-order valence-corrected chi connectivity index (χ3v) is 4.39. The van der Waals surface area contributed by atoms with Crippen LogP contribution in [0, 0.1) is 0 Å². The number of Topliss-reactive ketones (excluding diaryl/α,β-unsaturated/α-hetero) is 1. The minimum Gasteiger partial charge on any atom is -0.367 e. The highest BCUT2D eigenvalue weighted by Crippen LogP contribution is 2.19. The first-order valence-electron chi connectivity index (χ1n) is 8.06. The second kappa shape index (κ2) is 8.32. The Labute approximate surface area is 158 Å². The van der Waals surface area contributed by atoms with Gasteiger partial charge in [0, 0.05) is 18.6 Å². The summed E-state index contributed by atoms with van der Waals surface area (Å²) in [6, 6.07) is 6.00. The van der Waals surface area contributed by atoms with Crippen molar-refractivity contribution in [2.45, 2.75) is 18.9 Å². The third-order valence-electron chi connectivity index (χ3n) is 3.86. The predicted molar refractivity (Wildman–Crippen MR) is 97.7 cm³/mol. The zero-order valence-electron chi connectivity index (χ0n) is 14.1. The number of carbonyl (C=O) groups excluding carboxylic acids is 3. The molecule has 0 aliphatic rings. The molecule has 0 saturated carbocycles. The van der Waals surface area contributed by atoms with E-state index in [1.54, 1.807) is 36.8 Å². The number of nitrogens with two attached hydrogens (primary N) is 1. The van der Waals surface area contributed by atoms with Gasteiger partial charge in [-0.15, -0.1) is 0 Å². The first-order valence-corrected chi connectivity index (χ1v) is 8.79. The van der Waals surface area contributed by atoms with Gasteiger partial charge in [-0.3, -0.25) is 19.4 Å². The molecule has 4 N–H and O–H groups in total. The fourth-order valence-corrected chi connectivity index (χ4v) is 3.05. The Kier molecular flexibility index (Phi) is 5.67. The summed E-state index contributed by atoms with van der Waals surface area (Å²) < 4.78 is 8.11. The zero-order valence-corrected chi connectivity index (χ0v) is 14.9. The number of pyridine rings is 1. The molecule has 2 amide bonds. The van der Waals surface area contributed by atoms with E-state index < -0.39 is 23.6 Å². The first kappa shape index (κ1) is 18.4. The molecule has 3 heterocycles. The molecule has 0 radical (unpaired) electrons. The Morgan fingerprint density at radius 2 is 2.07 bits per heavy atom. The lowest BCUT2D eigenvalue weighted by atomic mass is 10.0. The van der Waals surface area contributed by atoms with Crippen molar-refractivity contribution >= 4 is 29.3 Å². The minimum atomic E-state index is -1.10. The molecule has 3 rings (SSSR count). The molecule has 0 fully saturated rings. The molecule has 9 nitrogen and oxygen atoms in total. The topological polar surface area (TPSA) is 144 Å². The molecule has 3 aromatic heterocycles. The number of amides is 2. The second-order valence-electron chi connectivity index (χ2n) is 5.69. The normalized spacial score (nSPS) is 11.7. The fourth-order valence-electron chi connectivity index (χ4n) is 2.50. The summed E-state index contributed by atoms with van der Waals surface area (Å²) in [5.74, 6) is -2.57. The van der Waals surface area contributed by atoms with E-state index in [1.807, 2.05) is 6.07 Å². The van der Waals surface area contributed by atoms with Gasteiger partial charge in [0.25, 0.3) is 11.8 Å². The van der Waals surface area contributed by atoms with Crippen LogP contribution in [0.2, 0.25) is 0 Å². The molecule has 138 valence electrons. The van der Waals surface area contributed by atoms with E-state index >= 15 is 0 Å². The van der Waals surface area contributed by atoms with Gasteiger partial charge < -0.3 is 16.0 Å². The molecule has 3 aromatic rings. The van der Waals surface area contributed by atoms with Crippen LogP contribution in [-0.2, 0) is 16.0 Å². The number of nitrogens with zero attached hydrogens (tertiary/aromatic N) is 3. The lowest BCUT2D eigenvalue weighted by molar-refractivity contribution is -0.137. The molecule has 0 spiro atoms. The van der Waals surface area contributed by atoms with E-state index in [0.717, 1.165) is 17.3 Å². The van der Waals surface area contributed by atoms with Crippen LogP contribution < -0.4 is 11.1 Å². The number of hydrogen-bond donors (Lipinski definition) is 3. The summed E-state index contributed by atoms with van der Waals surface area (Å²) in [7, 11) is 0. The summed E-state index contributed by atoms with van der Waals surface area (Å²) in [6.45, 7) is 0. The van der Waals surface area contributed by atoms with Crippen LogP contribution in [0.5, 0.6) is 0 Å². The van der Waals surface area contributed by atoms with E-state index in [9.17, 15) is 14.4 Å². The highest BCUT2D eigenvalue weighted by molar-refractivity contribution is 6.99. The SMILES string of the molecule is NC(=O)C(=O)C(CCc1cc[nH]c1)NC(=O)c1nsnc1-c1ccccn1. The van der Waals surface area contributed by atoms with Crippen molar-refractivity contribution < 1.29 is 14.4 Å². The van der Waals surface area contributed by atoms with Crippen LogP contribution >= 0.6 is 11.7 Å². The molecule has 1 atom stereocenters. The number of aromatic nitrogens is 4. The van der Waals surface area contributed by atoms with Crippen molar-refractivity contribution in [3.63, 3.8) is 0 Å². The van der Waals surface area contributed by atoms with E-state index in [1.165, 1.54) is 0 Å². The Hall–Kier alpha value is -3.40. The Balaban J connectivity index is 1.77. The number of rotatable bonds is 8. The Bertz CT molecular complexity index is 939. The van der Waals surface area contributed by atoms with Gasteiger partial charge in [-0.1, -0.05) is 6.07 Å². The second-order valence-corrected chi connectivity index (χ2v) is 6.22. The highest BCUT2D eigenvalue weighted by atomic mass is 32.1. The van der Waals surface area contributed by atoms with Gasteiger partial charge in [0.2, 0.25) is 5.78 Å². The van der Waals surface area contributed by atoms with Crippen molar-refractivity contribution in [3.05, 3.63) is 54.1 Å². The first-order chi connectivity index (χ1) is 13.1. The summed E-state index contributed by atoms with van der Waals surface area (Å²) in [5.41, 5.74) is 6.91. The van der Waals surface area contributed by atoms with Crippen LogP contribution in [0.1, 0.15) is 22.5 Å². The number of aromatic amines is 1. The number of hydrogen-bond acceptors (Lipinski definition) is 7. The maximum Gasteiger partial charge on any atom is 0.287 e. The molecular weight excluding hydrogens is 368 g/mol. The zero-order chi connectivity index (χ0) is 19.2. The Morgan fingerprint density at radius 3 is 2.74 bits per heavy atom. The van der Waals surface area contributed by atoms with Gasteiger partial charge in [0.15, 0.2) is 5.69 Å². The number of primary amides is 1. The van der Waals surface area contributed by atoms with Gasteiger partial charge >= 0.3 is 0 Å². The molecule has 27 heavy (non-hydrogen) atoms. The molecule has 10 heteroatoms. The monoisotopic (exact) mass is 384 g/mol. The molecule has 0 aliphatic carbocycles. The average Bonchev–Trinajstić information content (AvgIpc) is 3.36. The number of H-pyrrole nitrogens is 1. The summed E-state index contributed by atoms with van der Waals surface area (Å²) >= 11 is 0.861. The van der Waals surface area contributed by atoms with Gasteiger partial charge in [0.05, 0.1) is 23.5 Å². The smallest absolute Gasteiger partial charge is 0.287 e. The average molecular weight is 384 g/mol. The fraction of sp³-hybridized carbons (Fsp3) is 0.176. The number of nitrogens with one attached hydrogen (secondary N) is 2. The number of carbonyl (C=O) groups is 3. The van der Waals surface area contributed by atoms with E-state index in [0.29, 0.717) is 17.8 Å². The van der Waals surface area contributed by atoms with Crippen LogP contribution in [0.25, 0.3) is 11.4 Å².